The van der Waals surface area contributed by atoms with Gasteiger partial charge in [0.25, 0.3) is 11.5 Å². The van der Waals surface area contributed by atoms with Gasteiger partial charge in [0.15, 0.2) is 0 Å². The van der Waals surface area contributed by atoms with Crippen LogP contribution in [0, 0.1) is 0 Å². The molecular formula is C27H32N4O4. The van der Waals surface area contributed by atoms with Crippen LogP contribution in [0.15, 0.2) is 41.6 Å². The van der Waals surface area contributed by atoms with E-state index in [0.29, 0.717) is 17.9 Å². The Kier molecular flexibility index (Phi) is 5.44. The fourth-order valence-corrected chi connectivity index (χ4v) is 4.88. The molecule has 4 heterocycles. The Morgan fingerprint density at radius 1 is 1.23 bits per heavy atom. The van der Waals surface area contributed by atoms with E-state index in [-0.39, 0.29) is 40.8 Å². The van der Waals surface area contributed by atoms with E-state index in [1.807, 2.05) is 16.7 Å². The molecule has 8 nitrogen and oxygen atoms in total. The highest BCUT2D eigenvalue weighted by Crippen LogP contribution is 2.36. The summed E-state index contributed by atoms with van der Waals surface area (Å²) in [4.78, 5) is 31.2. The van der Waals surface area contributed by atoms with Gasteiger partial charge in [-0.05, 0) is 64.0 Å². The second-order valence-corrected chi connectivity index (χ2v) is 10.7. The predicted octanol–water partition coefficient (Wildman–Crippen LogP) is 4.47. The highest BCUT2D eigenvalue weighted by atomic mass is 16.5. The van der Waals surface area contributed by atoms with E-state index in [9.17, 15) is 9.59 Å². The Morgan fingerprint density at radius 3 is 2.74 bits per heavy atom. The number of nitrogens with one attached hydrogen (secondary N) is 1. The first-order valence-electron chi connectivity index (χ1n) is 12.7. The number of imidazole rings is 1. The number of anilines is 1. The van der Waals surface area contributed by atoms with Gasteiger partial charge in [0.1, 0.15) is 17.1 Å². The number of nitrogens with zero attached hydrogens (tertiary/aromatic N) is 3. The highest BCUT2D eigenvalue weighted by Gasteiger charge is 2.35. The van der Waals surface area contributed by atoms with E-state index >= 15 is 0 Å². The van der Waals surface area contributed by atoms with Crippen molar-refractivity contribution >= 4 is 17.2 Å². The Hall–Kier alpha value is -3.13. The van der Waals surface area contributed by atoms with Crippen LogP contribution in [-0.2, 0) is 10.2 Å². The third kappa shape index (κ3) is 4.24. The van der Waals surface area contributed by atoms with Gasteiger partial charge in [0.05, 0.1) is 30.1 Å². The van der Waals surface area contributed by atoms with Gasteiger partial charge in [-0.15, -0.1) is 0 Å². The lowest BCUT2D eigenvalue weighted by atomic mass is 9.81. The van der Waals surface area contributed by atoms with Gasteiger partial charge < -0.3 is 23.8 Å². The van der Waals surface area contributed by atoms with Crippen molar-refractivity contribution in [3.63, 3.8) is 0 Å². The van der Waals surface area contributed by atoms with E-state index in [1.54, 1.807) is 29.1 Å². The molecule has 1 saturated heterocycles. The van der Waals surface area contributed by atoms with E-state index in [2.05, 4.69) is 19.2 Å². The lowest BCUT2D eigenvalue weighted by molar-refractivity contribution is -0.0162. The number of hydrogen-bond donors (Lipinski definition) is 1. The van der Waals surface area contributed by atoms with Gasteiger partial charge in [-0.1, -0.05) is 6.92 Å². The number of carbonyl (C=O) groups is 1. The molecule has 1 amide bonds. The average molecular weight is 477 g/mol. The molecule has 1 N–H and O–H groups in total. The molecule has 184 valence electrons. The number of ether oxygens (including phenoxy) is 2. The zero-order chi connectivity index (χ0) is 24.2. The van der Waals surface area contributed by atoms with Gasteiger partial charge in [-0.2, -0.15) is 0 Å². The zero-order valence-corrected chi connectivity index (χ0v) is 20.3. The number of hydrogen-bond acceptors (Lipinski definition) is 5. The lowest BCUT2D eigenvalue weighted by Gasteiger charge is -2.34. The minimum Gasteiger partial charge on any atom is -0.489 e. The molecule has 0 aromatic carbocycles. The van der Waals surface area contributed by atoms with Gasteiger partial charge >= 0.3 is 0 Å². The molecule has 0 radical (unpaired) electrons. The fourth-order valence-electron chi connectivity index (χ4n) is 4.88. The Labute approximate surface area is 204 Å². The summed E-state index contributed by atoms with van der Waals surface area (Å²) in [5.41, 5.74) is 2.02. The first-order valence-corrected chi connectivity index (χ1v) is 12.7. The zero-order valence-electron chi connectivity index (χ0n) is 20.3. The number of fused-ring (bicyclic) bond motifs is 1. The molecule has 3 fully saturated rings. The molecule has 3 aromatic heterocycles. The number of rotatable bonds is 6. The number of amides is 1. The second-order valence-electron chi connectivity index (χ2n) is 10.7. The topological polar surface area (TPSA) is 86.9 Å². The van der Waals surface area contributed by atoms with Crippen molar-refractivity contribution in [3.8, 4) is 5.75 Å². The molecule has 3 aromatic rings. The van der Waals surface area contributed by atoms with E-state index in [1.165, 1.54) is 0 Å². The van der Waals surface area contributed by atoms with Crippen molar-refractivity contribution < 1.29 is 14.3 Å². The largest absolute Gasteiger partial charge is 0.489 e. The number of aromatic nitrogens is 3. The molecule has 2 atom stereocenters. The summed E-state index contributed by atoms with van der Waals surface area (Å²) < 4.78 is 15.8. The first-order chi connectivity index (χ1) is 16.9. The number of carbonyl (C=O) groups excluding carboxylic acids is 1. The lowest BCUT2D eigenvalue weighted by Crippen LogP contribution is -2.36. The molecule has 3 aliphatic rings. The number of pyridine rings is 2. The van der Waals surface area contributed by atoms with E-state index in [4.69, 9.17) is 14.5 Å². The highest BCUT2D eigenvalue weighted by molar-refractivity contribution is 6.06. The van der Waals surface area contributed by atoms with Crippen LogP contribution in [-0.4, -0.2) is 38.7 Å². The maximum Gasteiger partial charge on any atom is 0.274 e. The maximum atomic E-state index is 13.4. The molecule has 35 heavy (non-hydrogen) atoms. The first kappa shape index (κ1) is 22.3. The van der Waals surface area contributed by atoms with Crippen LogP contribution >= 0.6 is 0 Å². The minimum absolute atomic E-state index is 0.105. The molecule has 1 unspecified atom stereocenters. The van der Waals surface area contributed by atoms with Crippen LogP contribution < -0.4 is 15.6 Å². The molecule has 6 rings (SSSR count). The smallest absolute Gasteiger partial charge is 0.274 e. The van der Waals surface area contributed by atoms with Gasteiger partial charge in [0, 0.05) is 36.1 Å². The van der Waals surface area contributed by atoms with Crippen molar-refractivity contribution in [2.45, 2.75) is 82.5 Å². The predicted molar refractivity (Wildman–Crippen MR) is 132 cm³/mol. The third-order valence-electron chi connectivity index (χ3n) is 7.72. The van der Waals surface area contributed by atoms with Crippen molar-refractivity contribution in [1.82, 2.24) is 14.0 Å². The minimum atomic E-state index is -0.358. The van der Waals surface area contributed by atoms with Crippen molar-refractivity contribution in [3.05, 3.63) is 58.4 Å². The molecular weight excluding hydrogens is 444 g/mol. The third-order valence-corrected chi connectivity index (χ3v) is 7.72. The molecule has 0 bridgehead atoms. The van der Waals surface area contributed by atoms with Gasteiger partial charge in [-0.25, -0.2) is 4.98 Å². The van der Waals surface area contributed by atoms with Crippen molar-refractivity contribution in [2.24, 2.45) is 0 Å². The van der Waals surface area contributed by atoms with Crippen molar-refractivity contribution in [2.75, 3.05) is 11.9 Å². The molecule has 2 aliphatic carbocycles. The van der Waals surface area contributed by atoms with Gasteiger partial charge in [-0.3, -0.25) is 9.59 Å². The van der Waals surface area contributed by atoms with Crippen LogP contribution in [0.4, 0.5) is 5.69 Å². The summed E-state index contributed by atoms with van der Waals surface area (Å²) in [6.45, 7) is 4.91. The van der Waals surface area contributed by atoms with Crippen LogP contribution in [0.5, 0.6) is 5.75 Å². The normalized spacial score (nSPS) is 24.8. The Bertz CT molecular complexity index is 1330. The average Bonchev–Trinajstić information content (AvgIpc) is 3.57. The van der Waals surface area contributed by atoms with E-state index in [0.717, 1.165) is 56.3 Å². The molecule has 0 spiro atoms. The van der Waals surface area contributed by atoms with Crippen LogP contribution in [0.3, 0.4) is 0 Å². The standard InChI is InChI=1S/C27H32N4O4/c1-17-10-11-27(2,16-34-17)23-15-30-14-20(22(13-24(30)29-23)35-19-5-3-6-19)25(32)28-21-7-4-12-31(26(21)33)18-8-9-18/h4,7,12-15,17-19H,3,5-6,8-11,16H2,1-2H3,(H,28,32)/t17?,27-/m0/s1. The van der Waals surface area contributed by atoms with Crippen LogP contribution in [0.2, 0.25) is 0 Å². The Morgan fingerprint density at radius 2 is 2.06 bits per heavy atom. The second kappa shape index (κ2) is 8.52. The maximum absolute atomic E-state index is 13.4. The SMILES string of the molecule is CC1CC[C@](C)(c2cn3cc(C(=O)Nc4cccn(C5CC5)c4=O)c(OC4CCC4)cc3n2)CO1. The molecule has 2 saturated carbocycles. The van der Waals surface area contributed by atoms with Crippen molar-refractivity contribution in [1.29, 1.82) is 0 Å². The quantitative estimate of drug-likeness (QED) is 0.567. The summed E-state index contributed by atoms with van der Waals surface area (Å²) in [7, 11) is 0. The van der Waals surface area contributed by atoms with Crippen LogP contribution in [0.1, 0.15) is 80.9 Å². The summed E-state index contributed by atoms with van der Waals surface area (Å²) in [6.07, 6.45) is 13.0. The summed E-state index contributed by atoms with van der Waals surface area (Å²) in [6, 6.07) is 5.55. The fraction of sp³-hybridized carbons (Fsp3) is 0.519. The van der Waals surface area contributed by atoms with Gasteiger partial charge in [0.2, 0.25) is 0 Å². The van der Waals surface area contributed by atoms with Crippen LogP contribution in [0.25, 0.3) is 5.65 Å². The summed E-state index contributed by atoms with van der Waals surface area (Å²) >= 11 is 0. The van der Waals surface area contributed by atoms with E-state index < -0.39 is 0 Å². The summed E-state index contributed by atoms with van der Waals surface area (Å²) in [5.74, 6) is 0.150. The molecule has 1 aliphatic heterocycles. The molecule has 8 heteroatoms. The Balaban J connectivity index is 1.34. The summed E-state index contributed by atoms with van der Waals surface area (Å²) in [5, 5.41) is 2.84. The monoisotopic (exact) mass is 476 g/mol.